The van der Waals surface area contributed by atoms with E-state index in [2.05, 4.69) is 5.32 Å². The lowest BCUT2D eigenvalue weighted by molar-refractivity contribution is -0.118. The molecule has 0 spiro atoms. The van der Waals surface area contributed by atoms with Gasteiger partial charge in [-0.3, -0.25) is 19.3 Å². The first-order valence-corrected chi connectivity index (χ1v) is 12.4. The van der Waals surface area contributed by atoms with Gasteiger partial charge in [-0.05, 0) is 49.6 Å². The number of hydrogen-bond acceptors (Lipinski definition) is 5. The fourth-order valence-electron chi connectivity index (χ4n) is 4.58. The number of nitrogens with zero attached hydrogens (tertiary/aromatic N) is 2. The number of benzene rings is 2. The highest BCUT2D eigenvalue weighted by atomic mass is 32.2. The molecule has 10 heteroatoms. The third kappa shape index (κ3) is 4.62. The minimum absolute atomic E-state index is 0.00826. The van der Waals surface area contributed by atoms with Crippen LogP contribution >= 0.6 is 0 Å². The Hall–Kier alpha value is -3.24. The number of anilines is 2. The van der Waals surface area contributed by atoms with Crippen LogP contribution in [0, 0.1) is 0 Å². The predicted molar refractivity (Wildman–Crippen MR) is 124 cm³/mol. The molecule has 0 aliphatic carbocycles. The Morgan fingerprint density at radius 2 is 1.82 bits per heavy atom. The van der Waals surface area contributed by atoms with Crippen LogP contribution < -0.4 is 15.4 Å². The highest BCUT2D eigenvalue weighted by Gasteiger charge is 2.52. The molecule has 33 heavy (non-hydrogen) atoms. The number of para-hydroxylation sites is 1. The van der Waals surface area contributed by atoms with E-state index < -0.39 is 15.7 Å². The van der Waals surface area contributed by atoms with E-state index in [1.54, 1.807) is 52.3 Å². The number of carbonyl (C=O) groups excluding carboxylic acids is 3. The van der Waals surface area contributed by atoms with E-state index in [4.69, 9.17) is 5.14 Å². The predicted octanol–water partition coefficient (Wildman–Crippen LogP) is 2.19. The van der Waals surface area contributed by atoms with Gasteiger partial charge >= 0.3 is 0 Å². The monoisotopic (exact) mass is 470 g/mol. The molecule has 1 saturated heterocycles. The van der Waals surface area contributed by atoms with E-state index in [1.807, 2.05) is 13.0 Å². The maximum absolute atomic E-state index is 13.2. The van der Waals surface area contributed by atoms with Crippen molar-refractivity contribution in [1.82, 2.24) is 4.90 Å². The topological polar surface area (TPSA) is 130 Å². The zero-order chi connectivity index (χ0) is 23.8. The Morgan fingerprint density at radius 3 is 2.52 bits per heavy atom. The van der Waals surface area contributed by atoms with Gasteiger partial charge in [0.15, 0.2) is 0 Å². The van der Waals surface area contributed by atoms with Crippen LogP contribution in [0.2, 0.25) is 0 Å². The van der Waals surface area contributed by atoms with Crippen molar-refractivity contribution in [1.29, 1.82) is 0 Å². The van der Waals surface area contributed by atoms with Crippen LogP contribution in [-0.2, 0) is 25.4 Å². The van der Waals surface area contributed by atoms with Gasteiger partial charge in [-0.2, -0.15) is 0 Å². The highest BCUT2D eigenvalue weighted by molar-refractivity contribution is 7.88. The summed E-state index contributed by atoms with van der Waals surface area (Å²) >= 11 is 0. The first-order valence-electron chi connectivity index (χ1n) is 10.7. The third-order valence-corrected chi connectivity index (χ3v) is 6.87. The number of primary sulfonamides is 1. The zero-order valence-corrected chi connectivity index (χ0v) is 19.1. The average Bonchev–Trinajstić information content (AvgIpc) is 3.06. The Balaban J connectivity index is 1.38. The fourth-order valence-corrected chi connectivity index (χ4v) is 5.24. The first kappa shape index (κ1) is 22.9. The smallest absolute Gasteiger partial charge is 0.257 e. The Morgan fingerprint density at radius 1 is 1.12 bits per heavy atom. The molecule has 3 N–H and O–H groups in total. The third-order valence-electron chi connectivity index (χ3n) is 6.14. The molecule has 0 aromatic heterocycles. The molecular weight excluding hydrogens is 444 g/mol. The first-order chi connectivity index (χ1) is 15.6. The van der Waals surface area contributed by atoms with Crippen molar-refractivity contribution in [2.24, 2.45) is 5.14 Å². The van der Waals surface area contributed by atoms with Gasteiger partial charge in [-0.15, -0.1) is 0 Å². The largest absolute Gasteiger partial charge is 0.326 e. The minimum atomic E-state index is -3.62. The normalized spacial score (nSPS) is 19.9. The number of rotatable bonds is 7. The van der Waals surface area contributed by atoms with E-state index in [0.29, 0.717) is 48.3 Å². The molecule has 0 bridgehead atoms. The Labute approximate surface area is 192 Å². The van der Waals surface area contributed by atoms with Gasteiger partial charge in [0.1, 0.15) is 5.66 Å². The van der Waals surface area contributed by atoms with Gasteiger partial charge in [-0.1, -0.05) is 24.3 Å². The number of amides is 3. The molecule has 9 nitrogen and oxygen atoms in total. The van der Waals surface area contributed by atoms with Crippen molar-refractivity contribution in [2.75, 3.05) is 16.8 Å². The van der Waals surface area contributed by atoms with Crippen LogP contribution in [0.15, 0.2) is 48.5 Å². The fraction of sp³-hybridized carbons (Fsp3) is 0.348. The second-order valence-corrected chi connectivity index (χ2v) is 10.2. The summed E-state index contributed by atoms with van der Waals surface area (Å²) in [6.45, 7) is 2.24. The van der Waals surface area contributed by atoms with Crippen molar-refractivity contribution in [3.05, 3.63) is 59.7 Å². The summed E-state index contributed by atoms with van der Waals surface area (Å²) in [4.78, 5) is 41.6. The molecular formula is C23H26N4O5S. The van der Waals surface area contributed by atoms with Crippen LogP contribution in [0.3, 0.4) is 0 Å². The van der Waals surface area contributed by atoms with Crippen molar-refractivity contribution in [3.8, 4) is 0 Å². The van der Waals surface area contributed by atoms with Gasteiger partial charge in [0.05, 0.1) is 17.0 Å². The van der Waals surface area contributed by atoms with E-state index in [9.17, 15) is 22.8 Å². The molecule has 3 amide bonds. The second kappa shape index (κ2) is 8.60. The van der Waals surface area contributed by atoms with Gasteiger partial charge in [0, 0.05) is 25.1 Å². The molecule has 4 rings (SSSR count). The van der Waals surface area contributed by atoms with Gasteiger partial charge in [-0.25, -0.2) is 13.6 Å². The van der Waals surface area contributed by atoms with E-state index in [1.165, 1.54) is 0 Å². The van der Waals surface area contributed by atoms with Gasteiger partial charge in [0.2, 0.25) is 21.8 Å². The summed E-state index contributed by atoms with van der Waals surface area (Å²) in [5.41, 5.74) is 1.48. The molecule has 0 radical (unpaired) electrons. The lowest BCUT2D eigenvalue weighted by Crippen LogP contribution is -2.62. The van der Waals surface area contributed by atoms with Crippen molar-refractivity contribution >= 4 is 39.1 Å². The molecule has 0 saturated carbocycles. The van der Waals surface area contributed by atoms with Crippen LogP contribution in [-0.4, -0.2) is 43.2 Å². The summed E-state index contributed by atoms with van der Waals surface area (Å²) in [5.74, 6) is -0.633. The number of fused-ring (bicyclic) bond motifs is 3. The minimum Gasteiger partial charge on any atom is -0.326 e. The van der Waals surface area contributed by atoms with E-state index in [0.717, 1.165) is 0 Å². The number of hydrogen-bond donors (Lipinski definition) is 2. The maximum atomic E-state index is 13.2. The number of carbonyl (C=O) groups is 3. The van der Waals surface area contributed by atoms with E-state index in [-0.39, 0.29) is 29.9 Å². The summed E-state index contributed by atoms with van der Waals surface area (Å²) in [5, 5.41) is 7.81. The highest BCUT2D eigenvalue weighted by Crippen LogP contribution is 2.44. The molecule has 2 aliphatic rings. The lowest BCUT2D eigenvalue weighted by Gasteiger charge is -2.48. The van der Waals surface area contributed by atoms with Crippen molar-refractivity contribution < 1.29 is 22.8 Å². The Kier molecular flexibility index (Phi) is 5.98. The second-order valence-electron chi connectivity index (χ2n) is 8.58. The molecule has 174 valence electrons. The SMILES string of the molecule is CC12CCC(=O)N1c1ccccc1C(=O)N2CCCC(=O)Nc1ccc(CS(N)(=O)=O)cc1. The number of nitrogens with two attached hydrogens (primary N) is 1. The zero-order valence-electron chi connectivity index (χ0n) is 18.3. The summed E-state index contributed by atoms with van der Waals surface area (Å²) in [6.07, 6.45) is 1.54. The average molecular weight is 471 g/mol. The summed E-state index contributed by atoms with van der Waals surface area (Å²) in [6, 6.07) is 13.5. The Bertz CT molecular complexity index is 1210. The summed E-state index contributed by atoms with van der Waals surface area (Å²) < 4.78 is 22.3. The summed E-state index contributed by atoms with van der Waals surface area (Å²) in [7, 11) is -3.62. The van der Waals surface area contributed by atoms with Gasteiger partial charge in [0.25, 0.3) is 5.91 Å². The van der Waals surface area contributed by atoms with Crippen LogP contribution in [0.25, 0.3) is 0 Å². The van der Waals surface area contributed by atoms with Crippen LogP contribution in [0.5, 0.6) is 0 Å². The van der Waals surface area contributed by atoms with E-state index >= 15 is 0 Å². The lowest BCUT2D eigenvalue weighted by atomic mass is 9.98. The molecule has 2 aromatic carbocycles. The quantitative estimate of drug-likeness (QED) is 0.641. The molecule has 1 atom stereocenters. The van der Waals surface area contributed by atoms with Crippen molar-refractivity contribution in [2.45, 2.75) is 44.0 Å². The molecule has 2 aromatic rings. The molecule has 1 unspecified atom stereocenters. The van der Waals surface area contributed by atoms with Crippen molar-refractivity contribution in [3.63, 3.8) is 0 Å². The maximum Gasteiger partial charge on any atom is 0.257 e. The molecule has 2 heterocycles. The van der Waals surface area contributed by atoms with Crippen LogP contribution in [0.1, 0.15) is 48.5 Å². The molecule has 2 aliphatic heterocycles. The number of sulfonamides is 1. The molecule has 1 fully saturated rings. The number of nitrogens with one attached hydrogen (secondary N) is 1. The standard InChI is InChI=1S/C23H26N4O5S/c1-23-13-12-21(29)27(23)19-6-3-2-5-18(19)22(30)26(23)14-4-7-20(28)25-17-10-8-16(9-11-17)15-33(24,31)32/h2-3,5-6,8-11H,4,7,12-15H2,1H3,(H,25,28)(H2,24,31,32). The van der Waals surface area contributed by atoms with Crippen LogP contribution in [0.4, 0.5) is 11.4 Å². The van der Waals surface area contributed by atoms with Gasteiger partial charge < -0.3 is 10.2 Å².